The van der Waals surface area contributed by atoms with E-state index in [0.717, 1.165) is 18.5 Å². The monoisotopic (exact) mass is 508 g/mol. The van der Waals surface area contributed by atoms with Crippen LogP contribution in [0.5, 0.6) is 0 Å². The predicted octanol–water partition coefficient (Wildman–Crippen LogP) is 5.97. The molecule has 9 nitrogen and oxygen atoms in total. The molecule has 34 heavy (non-hydrogen) atoms. The SMILES string of the molecule is CN(CCCNc1cc(C2CC2)nc(NC(=O)Nc2ccc(Cl)c(Cl)c2)n1)C(=O)OC(C)(C)C. The van der Waals surface area contributed by atoms with Gasteiger partial charge in [-0.15, -0.1) is 0 Å². The summed E-state index contributed by atoms with van der Waals surface area (Å²) < 4.78 is 5.36. The molecule has 0 spiro atoms. The molecule has 1 aliphatic carbocycles. The molecule has 1 fully saturated rings. The van der Waals surface area contributed by atoms with Crippen LogP contribution in [0.2, 0.25) is 10.0 Å². The van der Waals surface area contributed by atoms with Gasteiger partial charge in [-0.2, -0.15) is 4.98 Å². The summed E-state index contributed by atoms with van der Waals surface area (Å²) in [4.78, 5) is 34.9. The minimum Gasteiger partial charge on any atom is -0.444 e. The van der Waals surface area contributed by atoms with Gasteiger partial charge in [0, 0.05) is 37.8 Å². The molecule has 1 aliphatic rings. The summed E-state index contributed by atoms with van der Waals surface area (Å²) in [6.07, 6.45) is 2.46. The van der Waals surface area contributed by atoms with E-state index in [-0.39, 0.29) is 12.0 Å². The molecule has 3 rings (SSSR count). The molecule has 1 aromatic heterocycles. The zero-order valence-corrected chi connectivity index (χ0v) is 21.3. The van der Waals surface area contributed by atoms with Crippen molar-refractivity contribution >= 4 is 52.8 Å². The molecule has 0 bridgehead atoms. The van der Waals surface area contributed by atoms with Crippen molar-refractivity contribution < 1.29 is 14.3 Å². The lowest BCUT2D eigenvalue weighted by Crippen LogP contribution is -2.35. The quantitative estimate of drug-likeness (QED) is 0.378. The fourth-order valence-corrected chi connectivity index (χ4v) is 3.30. The van der Waals surface area contributed by atoms with Crippen LogP contribution in [0.3, 0.4) is 0 Å². The van der Waals surface area contributed by atoms with Gasteiger partial charge in [0.1, 0.15) is 11.4 Å². The Morgan fingerprint density at radius 3 is 2.50 bits per heavy atom. The first-order valence-electron chi connectivity index (χ1n) is 11.1. The minimum atomic E-state index is -0.528. The van der Waals surface area contributed by atoms with E-state index in [4.69, 9.17) is 27.9 Å². The molecule has 184 valence electrons. The van der Waals surface area contributed by atoms with E-state index in [9.17, 15) is 9.59 Å². The van der Waals surface area contributed by atoms with Crippen molar-refractivity contribution in [2.45, 2.75) is 51.6 Å². The number of urea groups is 1. The number of nitrogens with zero attached hydrogens (tertiary/aromatic N) is 3. The van der Waals surface area contributed by atoms with Gasteiger partial charge in [-0.25, -0.2) is 14.6 Å². The normalized spacial score (nSPS) is 13.2. The lowest BCUT2D eigenvalue weighted by Gasteiger charge is -2.24. The number of ether oxygens (including phenoxy) is 1. The van der Waals surface area contributed by atoms with Gasteiger partial charge in [0.15, 0.2) is 0 Å². The Kier molecular flexibility index (Phi) is 8.43. The van der Waals surface area contributed by atoms with E-state index < -0.39 is 11.6 Å². The number of nitrogens with one attached hydrogen (secondary N) is 3. The van der Waals surface area contributed by atoms with Crippen molar-refractivity contribution in [3.8, 4) is 0 Å². The molecule has 0 saturated heterocycles. The maximum absolute atomic E-state index is 12.4. The predicted molar refractivity (Wildman–Crippen MR) is 135 cm³/mol. The number of rotatable bonds is 8. The number of carbonyl (C=O) groups excluding carboxylic acids is 2. The Hall–Kier alpha value is -2.78. The Labute approximate surface area is 209 Å². The third-order valence-corrected chi connectivity index (χ3v) is 5.57. The third kappa shape index (κ3) is 8.22. The molecular formula is C23H30Cl2N6O3. The highest BCUT2D eigenvalue weighted by Crippen LogP contribution is 2.39. The number of benzene rings is 1. The number of halogens is 2. The van der Waals surface area contributed by atoms with Gasteiger partial charge in [-0.3, -0.25) is 5.32 Å². The Morgan fingerprint density at radius 1 is 1.12 bits per heavy atom. The van der Waals surface area contributed by atoms with Crippen LogP contribution in [0, 0.1) is 0 Å². The average molecular weight is 509 g/mol. The second kappa shape index (κ2) is 11.1. The fourth-order valence-electron chi connectivity index (χ4n) is 3.00. The summed E-state index contributed by atoms with van der Waals surface area (Å²) in [5.41, 5.74) is 0.852. The van der Waals surface area contributed by atoms with Gasteiger partial charge >= 0.3 is 12.1 Å². The van der Waals surface area contributed by atoms with Gasteiger partial charge in [0.05, 0.1) is 15.7 Å². The Bertz CT molecular complexity index is 1040. The topological polar surface area (TPSA) is 108 Å². The second-order valence-corrected chi connectivity index (χ2v) is 9.98. The van der Waals surface area contributed by atoms with Crippen LogP contribution in [0.1, 0.15) is 51.6 Å². The summed E-state index contributed by atoms with van der Waals surface area (Å²) in [5, 5.41) is 9.37. The second-order valence-electron chi connectivity index (χ2n) is 9.17. The van der Waals surface area contributed by atoms with E-state index in [0.29, 0.717) is 47.0 Å². The first-order valence-corrected chi connectivity index (χ1v) is 11.9. The van der Waals surface area contributed by atoms with Crippen molar-refractivity contribution in [1.29, 1.82) is 0 Å². The highest BCUT2D eigenvalue weighted by molar-refractivity contribution is 6.42. The third-order valence-electron chi connectivity index (χ3n) is 4.83. The van der Waals surface area contributed by atoms with Gasteiger partial charge < -0.3 is 20.3 Å². The Balaban J connectivity index is 1.55. The van der Waals surface area contributed by atoms with E-state index in [1.807, 2.05) is 26.8 Å². The summed E-state index contributed by atoms with van der Waals surface area (Å²) in [5.74, 6) is 1.19. The van der Waals surface area contributed by atoms with Crippen LogP contribution in [0.25, 0.3) is 0 Å². The first-order chi connectivity index (χ1) is 16.0. The molecule has 3 amide bonds. The molecule has 3 N–H and O–H groups in total. The van der Waals surface area contributed by atoms with Crippen LogP contribution in [-0.4, -0.2) is 52.7 Å². The minimum absolute atomic E-state index is 0.204. The van der Waals surface area contributed by atoms with Gasteiger partial charge in [-0.05, 0) is 58.2 Å². The number of carbonyl (C=O) groups is 2. The number of hydrogen-bond acceptors (Lipinski definition) is 6. The highest BCUT2D eigenvalue weighted by Gasteiger charge is 2.26. The first kappa shape index (κ1) is 25.8. The summed E-state index contributed by atoms with van der Waals surface area (Å²) in [6, 6.07) is 6.22. The number of hydrogen-bond donors (Lipinski definition) is 3. The van der Waals surface area contributed by atoms with Crippen molar-refractivity contribution in [3.05, 3.63) is 40.0 Å². The average Bonchev–Trinajstić information content (AvgIpc) is 3.58. The van der Waals surface area contributed by atoms with Crippen LogP contribution >= 0.6 is 23.2 Å². The number of aromatic nitrogens is 2. The largest absolute Gasteiger partial charge is 0.444 e. The summed E-state index contributed by atoms with van der Waals surface area (Å²) in [7, 11) is 1.71. The lowest BCUT2D eigenvalue weighted by molar-refractivity contribution is 0.0298. The molecule has 0 radical (unpaired) electrons. The van der Waals surface area contributed by atoms with Gasteiger partial charge in [0.25, 0.3) is 0 Å². The van der Waals surface area contributed by atoms with Crippen LogP contribution in [0.15, 0.2) is 24.3 Å². The molecular weight excluding hydrogens is 479 g/mol. The highest BCUT2D eigenvalue weighted by atomic mass is 35.5. The van der Waals surface area contributed by atoms with Crippen molar-refractivity contribution in [2.75, 3.05) is 36.1 Å². The molecule has 1 heterocycles. The molecule has 0 atom stereocenters. The Morgan fingerprint density at radius 2 is 1.85 bits per heavy atom. The molecule has 2 aromatic rings. The lowest BCUT2D eigenvalue weighted by atomic mass is 10.2. The number of amides is 3. The zero-order chi connectivity index (χ0) is 24.9. The van der Waals surface area contributed by atoms with Crippen molar-refractivity contribution in [2.24, 2.45) is 0 Å². The zero-order valence-electron chi connectivity index (χ0n) is 19.7. The smallest absolute Gasteiger partial charge is 0.410 e. The van der Waals surface area contributed by atoms with E-state index in [2.05, 4.69) is 25.9 Å². The summed E-state index contributed by atoms with van der Waals surface area (Å²) >= 11 is 11.9. The molecule has 0 unspecified atom stereocenters. The van der Waals surface area contributed by atoms with Gasteiger partial charge in [0.2, 0.25) is 5.95 Å². The van der Waals surface area contributed by atoms with Crippen molar-refractivity contribution in [3.63, 3.8) is 0 Å². The maximum atomic E-state index is 12.4. The standard InChI is InChI=1S/C23H30Cl2N6O3/c1-23(2,3)34-22(33)31(4)11-5-10-26-19-13-18(14-6-7-14)28-20(29-19)30-21(32)27-15-8-9-16(24)17(25)12-15/h8-9,12-14H,5-7,10-11H2,1-4H3,(H3,26,27,28,29,30,32). The number of anilines is 3. The molecule has 1 aromatic carbocycles. The fraction of sp³-hybridized carbons (Fsp3) is 0.478. The maximum Gasteiger partial charge on any atom is 0.410 e. The van der Waals surface area contributed by atoms with Gasteiger partial charge in [-0.1, -0.05) is 23.2 Å². The van der Waals surface area contributed by atoms with Crippen LogP contribution in [-0.2, 0) is 4.74 Å². The van der Waals surface area contributed by atoms with Crippen LogP contribution in [0.4, 0.5) is 27.0 Å². The van der Waals surface area contributed by atoms with E-state index >= 15 is 0 Å². The van der Waals surface area contributed by atoms with Crippen LogP contribution < -0.4 is 16.0 Å². The van der Waals surface area contributed by atoms with E-state index in [1.165, 1.54) is 0 Å². The van der Waals surface area contributed by atoms with E-state index in [1.54, 1.807) is 30.1 Å². The van der Waals surface area contributed by atoms with Crippen molar-refractivity contribution in [1.82, 2.24) is 14.9 Å². The molecule has 11 heteroatoms. The molecule has 0 aliphatic heterocycles. The summed E-state index contributed by atoms with van der Waals surface area (Å²) in [6.45, 7) is 6.62. The molecule has 1 saturated carbocycles.